The molecule has 2 atom stereocenters. The molecule has 106 valence electrons. The summed E-state index contributed by atoms with van der Waals surface area (Å²) >= 11 is 1.90. The second kappa shape index (κ2) is 5.80. The lowest BCUT2D eigenvalue weighted by Gasteiger charge is -2.40. The molecule has 0 aliphatic carbocycles. The zero-order valence-electron chi connectivity index (χ0n) is 11.7. The summed E-state index contributed by atoms with van der Waals surface area (Å²) in [7, 11) is 0. The summed E-state index contributed by atoms with van der Waals surface area (Å²) in [5, 5.41) is 3.41. The minimum Gasteiger partial charge on any atom is -0.306 e. The Hall–Kier alpha value is -0.610. The zero-order chi connectivity index (χ0) is 14.0. The van der Waals surface area contributed by atoms with Gasteiger partial charge in [-0.25, -0.2) is 8.78 Å². The summed E-state index contributed by atoms with van der Waals surface area (Å²) < 4.78 is 27.5. The number of nitrogens with one attached hydrogen (secondary N) is 1. The summed E-state index contributed by atoms with van der Waals surface area (Å²) in [5.74, 6) is 1.21. The molecule has 0 aromatic heterocycles. The lowest BCUT2D eigenvalue weighted by Crippen LogP contribution is -2.47. The van der Waals surface area contributed by atoms with Gasteiger partial charge in [-0.05, 0) is 36.6 Å². The highest BCUT2D eigenvalue weighted by Gasteiger charge is 2.34. The van der Waals surface area contributed by atoms with Gasteiger partial charge < -0.3 is 5.32 Å². The smallest absolute Gasteiger partial charge is 0.130 e. The standard InChI is InChI=1S/C15H21F2NS/c1-10(14-11(16)5-4-6-12(14)17)18-13-9-19-8-7-15(13,2)3/h4-6,10,13,18H,7-9H2,1-3H3. The Labute approximate surface area is 118 Å². The van der Waals surface area contributed by atoms with Gasteiger partial charge in [0, 0.05) is 23.4 Å². The second-order valence-corrected chi connectivity index (χ2v) is 7.04. The van der Waals surface area contributed by atoms with E-state index in [1.807, 2.05) is 18.7 Å². The van der Waals surface area contributed by atoms with Crippen molar-refractivity contribution >= 4 is 11.8 Å². The number of halogens is 2. The van der Waals surface area contributed by atoms with Gasteiger partial charge in [-0.3, -0.25) is 0 Å². The van der Waals surface area contributed by atoms with Gasteiger partial charge in [0.15, 0.2) is 0 Å². The van der Waals surface area contributed by atoms with E-state index in [-0.39, 0.29) is 23.1 Å². The van der Waals surface area contributed by atoms with Crippen molar-refractivity contribution in [3.8, 4) is 0 Å². The zero-order valence-corrected chi connectivity index (χ0v) is 12.5. The van der Waals surface area contributed by atoms with Crippen LogP contribution in [0.2, 0.25) is 0 Å². The van der Waals surface area contributed by atoms with Gasteiger partial charge in [0.05, 0.1) is 0 Å². The van der Waals surface area contributed by atoms with Gasteiger partial charge in [-0.2, -0.15) is 11.8 Å². The fourth-order valence-corrected chi connectivity index (χ4v) is 4.14. The summed E-state index contributed by atoms with van der Waals surface area (Å²) in [6.45, 7) is 6.26. The van der Waals surface area contributed by atoms with Crippen molar-refractivity contribution in [1.82, 2.24) is 5.32 Å². The molecule has 1 saturated heterocycles. The fourth-order valence-electron chi connectivity index (χ4n) is 2.52. The van der Waals surface area contributed by atoms with Crippen molar-refractivity contribution < 1.29 is 8.78 Å². The van der Waals surface area contributed by atoms with Crippen molar-refractivity contribution in [1.29, 1.82) is 0 Å². The molecule has 1 aliphatic heterocycles. The third-order valence-electron chi connectivity index (χ3n) is 4.00. The lowest BCUT2D eigenvalue weighted by molar-refractivity contribution is 0.229. The van der Waals surface area contributed by atoms with Gasteiger partial charge in [-0.1, -0.05) is 19.9 Å². The molecule has 1 N–H and O–H groups in total. The maximum Gasteiger partial charge on any atom is 0.130 e. The Morgan fingerprint density at radius 2 is 1.95 bits per heavy atom. The first-order valence-corrected chi connectivity index (χ1v) is 7.85. The monoisotopic (exact) mass is 285 g/mol. The Bertz CT molecular complexity index is 428. The highest BCUT2D eigenvalue weighted by molar-refractivity contribution is 7.99. The number of thioether (sulfide) groups is 1. The third kappa shape index (κ3) is 3.29. The van der Waals surface area contributed by atoms with Crippen LogP contribution < -0.4 is 5.32 Å². The molecule has 1 aliphatic rings. The molecular weight excluding hydrogens is 264 g/mol. The van der Waals surface area contributed by atoms with Gasteiger partial charge >= 0.3 is 0 Å². The number of rotatable bonds is 3. The van der Waals surface area contributed by atoms with Crippen LogP contribution in [-0.2, 0) is 0 Å². The van der Waals surface area contributed by atoms with Gasteiger partial charge in [0.25, 0.3) is 0 Å². The molecular formula is C15H21F2NS. The molecule has 1 fully saturated rings. The highest BCUT2D eigenvalue weighted by atomic mass is 32.2. The molecule has 0 amide bonds. The summed E-state index contributed by atoms with van der Waals surface area (Å²) in [4.78, 5) is 0. The Balaban J connectivity index is 2.14. The average Bonchev–Trinajstić information content (AvgIpc) is 2.31. The van der Waals surface area contributed by atoms with Gasteiger partial charge in [0.2, 0.25) is 0 Å². The van der Waals surface area contributed by atoms with Crippen LogP contribution in [0.4, 0.5) is 8.78 Å². The molecule has 0 bridgehead atoms. The second-order valence-electron chi connectivity index (χ2n) is 5.89. The van der Waals surface area contributed by atoms with Gasteiger partial charge in [-0.15, -0.1) is 0 Å². The quantitative estimate of drug-likeness (QED) is 0.895. The van der Waals surface area contributed by atoms with E-state index < -0.39 is 11.6 Å². The number of hydrogen-bond donors (Lipinski definition) is 1. The highest BCUT2D eigenvalue weighted by Crippen LogP contribution is 2.35. The first kappa shape index (κ1) is 14.8. The first-order valence-electron chi connectivity index (χ1n) is 6.69. The van der Waals surface area contributed by atoms with Gasteiger partial charge in [0.1, 0.15) is 11.6 Å². The predicted octanol–water partition coefficient (Wildman–Crippen LogP) is 4.15. The maximum absolute atomic E-state index is 13.8. The maximum atomic E-state index is 13.8. The molecule has 1 aromatic carbocycles. The largest absolute Gasteiger partial charge is 0.306 e. The van der Waals surface area contributed by atoms with E-state index in [9.17, 15) is 8.78 Å². The van der Waals surface area contributed by atoms with Crippen molar-refractivity contribution in [3.05, 3.63) is 35.4 Å². The van der Waals surface area contributed by atoms with Crippen LogP contribution in [0.5, 0.6) is 0 Å². The molecule has 2 unspecified atom stereocenters. The van der Waals surface area contributed by atoms with E-state index in [1.165, 1.54) is 18.2 Å². The molecule has 1 aromatic rings. The lowest BCUT2D eigenvalue weighted by atomic mass is 9.81. The summed E-state index contributed by atoms with van der Waals surface area (Å²) in [5.41, 5.74) is 0.315. The summed E-state index contributed by atoms with van der Waals surface area (Å²) in [6, 6.07) is 4.00. The van der Waals surface area contributed by atoms with Crippen LogP contribution in [-0.4, -0.2) is 17.5 Å². The van der Waals surface area contributed by atoms with Crippen molar-refractivity contribution in [3.63, 3.8) is 0 Å². The number of hydrogen-bond acceptors (Lipinski definition) is 2. The van der Waals surface area contributed by atoms with Crippen LogP contribution in [0.1, 0.15) is 38.8 Å². The third-order valence-corrected chi connectivity index (χ3v) is 5.06. The van der Waals surface area contributed by atoms with Crippen molar-refractivity contribution in [2.24, 2.45) is 5.41 Å². The molecule has 4 heteroatoms. The molecule has 0 radical (unpaired) electrons. The van der Waals surface area contributed by atoms with Crippen LogP contribution in [0.3, 0.4) is 0 Å². The normalized spacial score (nSPS) is 24.2. The van der Waals surface area contributed by atoms with Crippen LogP contribution in [0.25, 0.3) is 0 Å². The first-order chi connectivity index (χ1) is 8.92. The molecule has 1 heterocycles. The minimum absolute atomic E-state index is 0.147. The van der Waals surface area contributed by atoms with E-state index >= 15 is 0 Å². The topological polar surface area (TPSA) is 12.0 Å². The van der Waals surface area contributed by atoms with E-state index in [4.69, 9.17) is 0 Å². The Morgan fingerprint density at radius 3 is 2.53 bits per heavy atom. The van der Waals surface area contributed by atoms with Crippen LogP contribution >= 0.6 is 11.8 Å². The fraction of sp³-hybridized carbons (Fsp3) is 0.600. The Morgan fingerprint density at radius 1 is 1.32 bits per heavy atom. The molecule has 2 rings (SSSR count). The van der Waals surface area contributed by atoms with Crippen molar-refractivity contribution in [2.45, 2.75) is 39.3 Å². The van der Waals surface area contributed by atoms with E-state index in [2.05, 4.69) is 19.2 Å². The van der Waals surface area contributed by atoms with E-state index in [1.54, 1.807) is 0 Å². The SMILES string of the molecule is CC(NC1CSCCC1(C)C)c1c(F)cccc1F. The van der Waals surface area contributed by atoms with E-state index in [0.29, 0.717) is 0 Å². The van der Waals surface area contributed by atoms with Crippen molar-refractivity contribution in [2.75, 3.05) is 11.5 Å². The molecule has 0 spiro atoms. The van der Waals surface area contributed by atoms with Crippen LogP contribution in [0.15, 0.2) is 18.2 Å². The molecule has 19 heavy (non-hydrogen) atoms. The predicted molar refractivity (Wildman–Crippen MR) is 77.4 cm³/mol. The molecule has 1 nitrogen and oxygen atoms in total. The average molecular weight is 285 g/mol. The number of benzene rings is 1. The minimum atomic E-state index is -0.471. The molecule has 0 saturated carbocycles. The Kier molecular flexibility index (Phi) is 4.51. The summed E-state index contributed by atoms with van der Waals surface area (Å²) in [6.07, 6.45) is 1.13. The van der Waals surface area contributed by atoms with Crippen LogP contribution in [0, 0.1) is 17.0 Å². The van der Waals surface area contributed by atoms with E-state index in [0.717, 1.165) is 17.9 Å².